The normalized spacial score (nSPS) is 14.9. The van der Waals surface area contributed by atoms with Crippen LogP contribution in [0, 0.1) is 0 Å². The van der Waals surface area contributed by atoms with Crippen LogP contribution in [0.2, 0.25) is 5.02 Å². The topological polar surface area (TPSA) is 32.3 Å². The second-order valence-corrected chi connectivity index (χ2v) is 8.45. The number of likely N-dealkylation sites (tertiary alicyclic amines) is 1. The van der Waals surface area contributed by atoms with E-state index in [9.17, 15) is 4.79 Å². The first-order valence-electron chi connectivity index (χ1n) is 9.63. The largest absolute Gasteiger partial charge is 0.351 e. The highest BCUT2D eigenvalue weighted by Gasteiger charge is 2.11. The molecule has 27 heavy (non-hydrogen) atoms. The summed E-state index contributed by atoms with van der Waals surface area (Å²) in [6.45, 7) is 4.02. The van der Waals surface area contributed by atoms with Gasteiger partial charge in [0.1, 0.15) is 0 Å². The molecule has 3 nitrogen and oxygen atoms in total. The predicted octanol–water partition coefficient (Wildman–Crippen LogP) is 4.99. The molecule has 144 valence electrons. The zero-order valence-electron chi connectivity index (χ0n) is 15.6. The minimum atomic E-state index is -0.00198. The number of carbonyl (C=O) groups is 1. The van der Waals surface area contributed by atoms with E-state index in [1.807, 2.05) is 36.4 Å². The Bertz CT molecular complexity index is 729. The molecule has 1 N–H and O–H groups in total. The molecule has 1 saturated heterocycles. The van der Waals surface area contributed by atoms with Gasteiger partial charge in [0.15, 0.2) is 0 Å². The third-order valence-corrected chi connectivity index (χ3v) is 6.20. The summed E-state index contributed by atoms with van der Waals surface area (Å²) >= 11 is 7.93. The summed E-state index contributed by atoms with van der Waals surface area (Å²) in [7, 11) is 0. The lowest BCUT2D eigenvalue weighted by Crippen LogP contribution is -2.29. The molecule has 5 heteroatoms. The average molecular weight is 403 g/mol. The van der Waals surface area contributed by atoms with Crippen molar-refractivity contribution < 1.29 is 4.79 Å². The van der Waals surface area contributed by atoms with Crippen molar-refractivity contribution in [3.8, 4) is 0 Å². The number of thioether (sulfide) groups is 1. The van der Waals surface area contributed by atoms with Gasteiger partial charge in [0.25, 0.3) is 5.91 Å². The van der Waals surface area contributed by atoms with E-state index in [1.165, 1.54) is 37.9 Å². The number of rotatable bonds is 8. The van der Waals surface area contributed by atoms with Gasteiger partial charge in [-0.3, -0.25) is 9.69 Å². The molecule has 3 rings (SSSR count). The van der Waals surface area contributed by atoms with Gasteiger partial charge in [0, 0.05) is 35.2 Å². The molecule has 1 aliphatic heterocycles. The van der Waals surface area contributed by atoms with E-state index < -0.39 is 0 Å². The van der Waals surface area contributed by atoms with Gasteiger partial charge in [-0.05, 0) is 55.3 Å². The van der Waals surface area contributed by atoms with Crippen molar-refractivity contribution in [2.45, 2.75) is 31.6 Å². The maximum atomic E-state index is 12.3. The molecular weight excluding hydrogens is 376 g/mol. The molecule has 0 aromatic heterocycles. The molecule has 0 atom stereocenters. The van der Waals surface area contributed by atoms with Gasteiger partial charge in [-0.25, -0.2) is 0 Å². The highest BCUT2D eigenvalue weighted by atomic mass is 35.5. The minimum absolute atomic E-state index is 0.00198. The van der Waals surface area contributed by atoms with Crippen LogP contribution in [0.15, 0.2) is 48.5 Å². The zero-order valence-corrected chi connectivity index (χ0v) is 17.2. The van der Waals surface area contributed by atoms with E-state index in [0.717, 1.165) is 34.2 Å². The van der Waals surface area contributed by atoms with Crippen molar-refractivity contribution in [3.63, 3.8) is 0 Å². The number of amides is 1. The van der Waals surface area contributed by atoms with Crippen molar-refractivity contribution in [2.75, 3.05) is 25.4 Å². The summed E-state index contributed by atoms with van der Waals surface area (Å²) in [5.74, 6) is 1.72. The number of nitrogens with one attached hydrogen (secondary N) is 1. The number of hydrogen-bond acceptors (Lipinski definition) is 3. The fraction of sp³-hybridized carbons (Fsp3) is 0.409. The van der Waals surface area contributed by atoms with Gasteiger partial charge in [-0.15, -0.1) is 0 Å². The first-order chi connectivity index (χ1) is 13.2. The SMILES string of the molecule is O=C(NCCSCc1ccccc1Cl)c1ccc(CN2CCCCC2)cc1. The second kappa shape index (κ2) is 10.7. The predicted molar refractivity (Wildman–Crippen MR) is 116 cm³/mol. The summed E-state index contributed by atoms with van der Waals surface area (Å²) in [6, 6.07) is 15.9. The summed E-state index contributed by atoms with van der Waals surface area (Å²) < 4.78 is 0. The van der Waals surface area contributed by atoms with Gasteiger partial charge < -0.3 is 5.32 Å². The molecule has 1 fully saturated rings. The molecule has 0 bridgehead atoms. The average Bonchev–Trinajstić information content (AvgIpc) is 2.70. The van der Waals surface area contributed by atoms with E-state index in [1.54, 1.807) is 11.8 Å². The Morgan fingerprint density at radius 1 is 1.04 bits per heavy atom. The standard InChI is InChI=1S/C22H27ClN2OS/c23-21-7-3-2-6-20(21)17-27-15-12-24-22(26)19-10-8-18(9-11-19)16-25-13-4-1-5-14-25/h2-3,6-11H,1,4-5,12-17H2,(H,24,26). The molecule has 1 heterocycles. The van der Waals surface area contributed by atoms with Crippen LogP contribution in [0.3, 0.4) is 0 Å². The lowest BCUT2D eigenvalue weighted by molar-refractivity contribution is 0.0956. The lowest BCUT2D eigenvalue weighted by Gasteiger charge is -2.26. The van der Waals surface area contributed by atoms with Crippen LogP contribution in [0.5, 0.6) is 0 Å². The van der Waals surface area contributed by atoms with Crippen LogP contribution in [0.4, 0.5) is 0 Å². The van der Waals surface area contributed by atoms with E-state index in [4.69, 9.17) is 11.6 Å². The summed E-state index contributed by atoms with van der Waals surface area (Å²) in [5.41, 5.74) is 3.15. The van der Waals surface area contributed by atoms with E-state index in [0.29, 0.717) is 6.54 Å². The highest BCUT2D eigenvalue weighted by Crippen LogP contribution is 2.20. The number of hydrogen-bond donors (Lipinski definition) is 1. The number of piperidine rings is 1. The van der Waals surface area contributed by atoms with Crippen LogP contribution in [0.1, 0.15) is 40.7 Å². The van der Waals surface area contributed by atoms with Crippen molar-refractivity contribution in [2.24, 2.45) is 0 Å². The zero-order chi connectivity index (χ0) is 18.9. The maximum absolute atomic E-state index is 12.3. The number of nitrogens with zero attached hydrogens (tertiary/aromatic N) is 1. The first-order valence-corrected chi connectivity index (χ1v) is 11.2. The Balaban J connectivity index is 1.37. The van der Waals surface area contributed by atoms with E-state index in [2.05, 4.69) is 22.3 Å². The third kappa shape index (κ3) is 6.56. The maximum Gasteiger partial charge on any atom is 0.251 e. The third-order valence-electron chi connectivity index (χ3n) is 4.82. The minimum Gasteiger partial charge on any atom is -0.351 e. The van der Waals surface area contributed by atoms with Crippen LogP contribution in [0.25, 0.3) is 0 Å². The summed E-state index contributed by atoms with van der Waals surface area (Å²) in [5, 5.41) is 3.80. The van der Waals surface area contributed by atoms with Crippen molar-refractivity contribution in [1.29, 1.82) is 0 Å². The van der Waals surface area contributed by atoms with Crippen molar-refractivity contribution in [3.05, 3.63) is 70.2 Å². The van der Waals surface area contributed by atoms with Gasteiger partial charge >= 0.3 is 0 Å². The molecule has 0 radical (unpaired) electrons. The molecule has 2 aromatic carbocycles. The van der Waals surface area contributed by atoms with Gasteiger partial charge in [-0.1, -0.05) is 48.4 Å². The molecule has 1 amide bonds. The molecule has 0 unspecified atom stereocenters. The van der Waals surface area contributed by atoms with E-state index >= 15 is 0 Å². The Morgan fingerprint density at radius 2 is 1.78 bits per heavy atom. The van der Waals surface area contributed by atoms with Gasteiger partial charge in [0.05, 0.1) is 0 Å². The van der Waals surface area contributed by atoms with Crippen molar-refractivity contribution >= 4 is 29.3 Å². The molecule has 0 saturated carbocycles. The Kier molecular flexibility index (Phi) is 8.06. The monoisotopic (exact) mass is 402 g/mol. The summed E-state index contributed by atoms with van der Waals surface area (Å²) in [6.07, 6.45) is 3.95. The van der Waals surface area contributed by atoms with Gasteiger partial charge in [0.2, 0.25) is 0 Å². The van der Waals surface area contributed by atoms with Crippen LogP contribution >= 0.6 is 23.4 Å². The lowest BCUT2D eigenvalue weighted by atomic mass is 10.1. The Labute approximate surface area is 171 Å². The number of carbonyl (C=O) groups excluding carboxylic acids is 1. The van der Waals surface area contributed by atoms with Crippen LogP contribution in [-0.2, 0) is 12.3 Å². The Hall–Kier alpha value is -1.49. The van der Waals surface area contributed by atoms with Crippen LogP contribution < -0.4 is 5.32 Å². The fourth-order valence-corrected chi connectivity index (χ4v) is 4.42. The van der Waals surface area contributed by atoms with Gasteiger partial charge in [-0.2, -0.15) is 11.8 Å². The highest BCUT2D eigenvalue weighted by molar-refractivity contribution is 7.98. The molecule has 1 aliphatic rings. The first kappa shape index (κ1) is 20.2. The molecule has 0 spiro atoms. The molecule has 0 aliphatic carbocycles. The quantitative estimate of drug-likeness (QED) is 0.631. The number of benzene rings is 2. The smallest absolute Gasteiger partial charge is 0.251 e. The van der Waals surface area contributed by atoms with Crippen molar-refractivity contribution in [1.82, 2.24) is 10.2 Å². The Morgan fingerprint density at radius 3 is 2.52 bits per heavy atom. The molecular formula is C22H27ClN2OS. The number of halogens is 1. The second-order valence-electron chi connectivity index (χ2n) is 6.93. The van der Waals surface area contributed by atoms with Crippen LogP contribution in [-0.4, -0.2) is 36.2 Å². The fourth-order valence-electron chi connectivity index (χ4n) is 3.27. The molecule has 2 aromatic rings. The summed E-state index contributed by atoms with van der Waals surface area (Å²) in [4.78, 5) is 14.8. The van der Waals surface area contributed by atoms with E-state index in [-0.39, 0.29) is 5.91 Å².